The van der Waals surface area contributed by atoms with E-state index in [1.807, 2.05) is 44.2 Å². The Hall–Kier alpha value is -2.71. The number of amides is 1. The summed E-state index contributed by atoms with van der Waals surface area (Å²) in [4.78, 5) is 18.3. The van der Waals surface area contributed by atoms with Crippen LogP contribution in [0.25, 0.3) is 0 Å². The molecular formula is C22H27N3O4S. The number of anilines is 1. The Morgan fingerprint density at radius 3 is 2.60 bits per heavy atom. The van der Waals surface area contributed by atoms with E-state index in [-0.39, 0.29) is 17.6 Å². The largest absolute Gasteiger partial charge is 0.379 e. The van der Waals surface area contributed by atoms with Crippen LogP contribution >= 0.6 is 0 Å². The van der Waals surface area contributed by atoms with E-state index in [1.54, 1.807) is 31.2 Å². The summed E-state index contributed by atoms with van der Waals surface area (Å²) in [5.74, 6) is -0.269. The fraction of sp³-hybridized carbons (Fsp3) is 0.364. The van der Waals surface area contributed by atoms with Gasteiger partial charge in [0.25, 0.3) is 5.91 Å². The van der Waals surface area contributed by atoms with Crippen LogP contribution in [0.15, 0.2) is 59.8 Å². The van der Waals surface area contributed by atoms with Crippen molar-refractivity contribution in [3.63, 3.8) is 0 Å². The second-order valence-electron chi connectivity index (χ2n) is 8.06. The number of carbonyl (C=O) groups is 1. The van der Waals surface area contributed by atoms with Crippen molar-refractivity contribution < 1.29 is 18.0 Å². The van der Waals surface area contributed by atoms with E-state index in [9.17, 15) is 13.2 Å². The van der Waals surface area contributed by atoms with Crippen molar-refractivity contribution in [3.8, 4) is 0 Å². The Kier molecular flexibility index (Phi) is 6.58. The number of benzene rings is 2. The molecule has 0 radical (unpaired) electrons. The Balaban J connectivity index is 1.64. The topological polar surface area (TPSA) is 96.9 Å². The van der Waals surface area contributed by atoms with Crippen molar-refractivity contribution >= 4 is 27.3 Å². The van der Waals surface area contributed by atoms with E-state index in [0.29, 0.717) is 29.9 Å². The summed E-state index contributed by atoms with van der Waals surface area (Å²) in [5, 5.41) is 6.91. The van der Waals surface area contributed by atoms with Gasteiger partial charge in [0.15, 0.2) is 0 Å². The van der Waals surface area contributed by atoms with Crippen LogP contribution in [0.3, 0.4) is 0 Å². The molecule has 0 aromatic heterocycles. The standard InChI is InChI=1S/C22H27N3O4S/c1-16(2)14-23-30(27,28)15-17-8-7-11-19(12-17)24-21(26)22(3)13-20(25-29-22)18-9-5-4-6-10-18/h4-12,16,23H,13-15H2,1-3H3,(H,24,26)/t22-/m0/s1. The predicted molar refractivity (Wildman–Crippen MR) is 118 cm³/mol. The van der Waals surface area contributed by atoms with Gasteiger partial charge in [0.2, 0.25) is 15.6 Å². The molecule has 0 saturated carbocycles. The summed E-state index contributed by atoms with van der Waals surface area (Å²) in [5.41, 5.74) is 1.59. The summed E-state index contributed by atoms with van der Waals surface area (Å²) >= 11 is 0. The molecule has 7 nitrogen and oxygen atoms in total. The molecule has 0 bridgehead atoms. The number of hydrogen-bond acceptors (Lipinski definition) is 5. The maximum Gasteiger partial charge on any atom is 0.271 e. The number of rotatable bonds is 8. The van der Waals surface area contributed by atoms with Crippen LogP contribution in [0.2, 0.25) is 0 Å². The first-order valence-corrected chi connectivity index (χ1v) is 11.5. The molecule has 30 heavy (non-hydrogen) atoms. The van der Waals surface area contributed by atoms with Gasteiger partial charge in [0.05, 0.1) is 11.5 Å². The third-order valence-corrected chi connectivity index (χ3v) is 6.02. The van der Waals surface area contributed by atoms with E-state index in [1.165, 1.54) is 0 Å². The smallest absolute Gasteiger partial charge is 0.271 e. The SMILES string of the molecule is CC(C)CNS(=O)(=O)Cc1cccc(NC(=O)[C@]2(C)CC(c3ccccc3)=NO2)c1. The lowest BCUT2D eigenvalue weighted by molar-refractivity contribution is -0.135. The zero-order chi connectivity index (χ0) is 21.8. The summed E-state index contributed by atoms with van der Waals surface area (Å²) in [7, 11) is -3.45. The van der Waals surface area contributed by atoms with E-state index >= 15 is 0 Å². The first-order valence-electron chi connectivity index (χ1n) is 9.85. The van der Waals surface area contributed by atoms with Gasteiger partial charge in [0.1, 0.15) is 0 Å². The fourth-order valence-corrected chi connectivity index (χ4v) is 4.32. The zero-order valence-electron chi connectivity index (χ0n) is 17.4. The molecule has 160 valence electrons. The molecular weight excluding hydrogens is 402 g/mol. The van der Waals surface area contributed by atoms with Gasteiger partial charge in [0, 0.05) is 18.7 Å². The number of sulfonamides is 1. The van der Waals surface area contributed by atoms with Gasteiger partial charge in [-0.25, -0.2) is 13.1 Å². The highest BCUT2D eigenvalue weighted by molar-refractivity contribution is 7.88. The molecule has 0 spiro atoms. The van der Waals surface area contributed by atoms with Crippen LogP contribution in [0.1, 0.15) is 38.3 Å². The average Bonchev–Trinajstić information content (AvgIpc) is 3.11. The van der Waals surface area contributed by atoms with Crippen LogP contribution in [0.4, 0.5) is 5.69 Å². The molecule has 1 atom stereocenters. The lowest BCUT2D eigenvalue weighted by Gasteiger charge is -2.20. The van der Waals surface area contributed by atoms with Crippen LogP contribution in [0, 0.1) is 5.92 Å². The quantitative estimate of drug-likeness (QED) is 0.673. The number of carbonyl (C=O) groups excluding carboxylic acids is 1. The van der Waals surface area contributed by atoms with Crippen molar-refractivity contribution in [2.24, 2.45) is 11.1 Å². The summed E-state index contributed by atoms with van der Waals surface area (Å²) in [6.45, 7) is 5.96. The van der Waals surface area contributed by atoms with Crippen LogP contribution in [0.5, 0.6) is 0 Å². The maximum atomic E-state index is 12.8. The lowest BCUT2D eigenvalue weighted by atomic mass is 9.95. The second kappa shape index (κ2) is 8.97. The Labute approximate surface area is 177 Å². The van der Waals surface area contributed by atoms with Crippen LogP contribution in [-0.2, 0) is 25.4 Å². The van der Waals surface area contributed by atoms with Crippen molar-refractivity contribution in [3.05, 3.63) is 65.7 Å². The van der Waals surface area contributed by atoms with E-state index < -0.39 is 15.6 Å². The number of oxime groups is 1. The third kappa shape index (κ3) is 5.67. The highest BCUT2D eigenvalue weighted by atomic mass is 32.2. The molecule has 2 N–H and O–H groups in total. The first kappa shape index (κ1) is 22.0. The highest BCUT2D eigenvalue weighted by Gasteiger charge is 2.42. The predicted octanol–water partition coefficient (Wildman–Crippen LogP) is 3.28. The van der Waals surface area contributed by atoms with Crippen molar-refractivity contribution in [2.45, 2.75) is 38.5 Å². The Bertz CT molecular complexity index is 1040. The van der Waals surface area contributed by atoms with Crippen LogP contribution in [-0.4, -0.2) is 32.2 Å². The molecule has 1 heterocycles. The van der Waals surface area contributed by atoms with Crippen molar-refractivity contribution in [1.29, 1.82) is 0 Å². The summed E-state index contributed by atoms with van der Waals surface area (Å²) < 4.78 is 27.1. The molecule has 1 aliphatic heterocycles. The van der Waals surface area contributed by atoms with Gasteiger partial charge in [-0.3, -0.25) is 4.79 Å². The minimum Gasteiger partial charge on any atom is -0.379 e. The van der Waals surface area contributed by atoms with Gasteiger partial charge >= 0.3 is 0 Å². The minimum atomic E-state index is -3.45. The molecule has 2 aromatic rings. The molecule has 0 unspecified atom stereocenters. The zero-order valence-corrected chi connectivity index (χ0v) is 18.2. The molecule has 0 saturated heterocycles. The van der Waals surface area contributed by atoms with E-state index in [2.05, 4.69) is 15.2 Å². The van der Waals surface area contributed by atoms with Crippen molar-refractivity contribution in [1.82, 2.24) is 4.72 Å². The van der Waals surface area contributed by atoms with Gasteiger partial charge in [-0.1, -0.05) is 61.5 Å². The molecule has 2 aromatic carbocycles. The van der Waals surface area contributed by atoms with Gasteiger partial charge in [-0.15, -0.1) is 0 Å². The Morgan fingerprint density at radius 2 is 1.90 bits per heavy atom. The highest BCUT2D eigenvalue weighted by Crippen LogP contribution is 2.28. The molecule has 1 amide bonds. The molecule has 8 heteroatoms. The fourth-order valence-electron chi connectivity index (χ4n) is 3.01. The van der Waals surface area contributed by atoms with E-state index in [4.69, 9.17) is 4.84 Å². The summed E-state index contributed by atoms with van der Waals surface area (Å²) in [6, 6.07) is 16.4. The number of hydrogen-bond donors (Lipinski definition) is 2. The average molecular weight is 430 g/mol. The normalized spacial score (nSPS) is 18.7. The number of nitrogens with zero attached hydrogens (tertiary/aromatic N) is 1. The van der Waals surface area contributed by atoms with Gasteiger partial charge in [-0.05, 0) is 36.1 Å². The monoisotopic (exact) mass is 429 g/mol. The molecule has 3 rings (SSSR count). The third-order valence-electron chi connectivity index (χ3n) is 4.70. The molecule has 0 aliphatic carbocycles. The molecule has 0 fully saturated rings. The maximum absolute atomic E-state index is 12.8. The van der Waals surface area contributed by atoms with Crippen molar-refractivity contribution in [2.75, 3.05) is 11.9 Å². The van der Waals surface area contributed by atoms with Gasteiger partial charge < -0.3 is 10.2 Å². The van der Waals surface area contributed by atoms with Crippen LogP contribution < -0.4 is 10.0 Å². The Morgan fingerprint density at radius 1 is 1.17 bits per heavy atom. The lowest BCUT2D eigenvalue weighted by Crippen LogP contribution is -2.40. The second-order valence-corrected chi connectivity index (χ2v) is 9.87. The minimum absolute atomic E-state index is 0.154. The van der Waals surface area contributed by atoms with E-state index in [0.717, 1.165) is 5.56 Å². The molecule has 1 aliphatic rings. The number of nitrogens with one attached hydrogen (secondary N) is 2. The summed E-state index contributed by atoms with van der Waals surface area (Å²) in [6.07, 6.45) is 0.343. The van der Waals surface area contributed by atoms with Gasteiger partial charge in [-0.2, -0.15) is 0 Å². The first-order chi connectivity index (χ1) is 14.2.